The van der Waals surface area contributed by atoms with Gasteiger partial charge in [-0.1, -0.05) is 35.9 Å². The second-order valence-electron chi connectivity index (χ2n) is 8.10. The van der Waals surface area contributed by atoms with Gasteiger partial charge in [-0.25, -0.2) is 4.68 Å². The van der Waals surface area contributed by atoms with Crippen molar-refractivity contribution in [1.82, 2.24) is 19.7 Å². The smallest absolute Gasteiger partial charge is 0.255 e. The fraction of sp³-hybridized carbons (Fsp3) is 0.154. The molecule has 1 aliphatic heterocycles. The predicted molar refractivity (Wildman–Crippen MR) is 121 cm³/mol. The van der Waals surface area contributed by atoms with Crippen molar-refractivity contribution in [3.8, 4) is 22.9 Å². The van der Waals surface area contributed by atoms with Crippen LogP contribution >= 0.6 is 0 Å². The lowest BCUT2D eigenvalue weighted by Gasteiger charge is -2.19. The van der Waals surface area contributed by atoms with Crippen molar-refractivity contribution < 1.29 is 4.79 Å². The summed E-state index contributed by atoms with van der Waals surface area (Å²) in [5.41, 5.74) is 7.73. The first kappa shape index (κ1) is 19.7. The minimum atomic E-state index is -0.0945. The maximum Gasteiger partial charge on any atom is 0.255 e. The van der Waals surface area contributed by atoms with Crippen LogP contribution < -0.4 is 0 Å². The van der Waals surface area contributed by atoms with Gasteiger partial charge < -0.3 is 4.90 Å². The van der Waals surface area contributed by atoms with Crippen LogP contribution in [0.25, 0.3) is 16.8 Å². The highest BCUT2D eigenvalue weighted by Crippen LogP contribution is 2.30. The van der Waals surface area contributed by atoms with E-state index in [4.69, 9.17) is 5.10 Å². The number of carbonyl (C=O) groups excluding carboxylic acids is 1. The number of nitriles is 1. The molecule has 32 heavy (non-hydrogen) atoms. The molecule has 0 aliphatic carbocycles. The van der Waals surface area contributed by atoms with Crippen molar-refractivity contribution in [1.29, 1.82) is 5.26 Å². The first-order valence-electron chi connectivity index (χ1n) is 10.4. The van der Waals surface area contributed by atoms with E-state index >= 15 is 0 Å². The van der Waals surface area contributed by atoms with Crippen LogP contribution in [0.1, 0.15) is 38.4 Å². The molecule has 0 N–H and O–H groups in total. The number of pyridine rings is 1. The molecular weight excluding hydrogens is 398 g/mol. The topological polar surface area (TPSA) is 74.8 Å². The second-order valence-corrected chi connectivity index (χ2v) is 8.10. The summed E-state index contributed by atoms with van der Waals surface area (Å²) >= 11 is 0. The fourth-order valence-corrected chi connectivity index (χ4v) is 4.13. The van der Waals surface area contributed by atoms with E-state index in [1.165, 1.54) is 0 Å². The minimum Gasteiger partial charge on any atom is -0.328 e. The zero-order valence-electron chi connectivity index (χ0n) is 17.9. The van der Waals surface area contributed by atoms with Gasteiger partial charge in [0.15, 0.2) is 0 Å². The molecular formula is C26H21N5O. The van der Waals surface area contributed by atoms with Crippen LogP contribution in [0.5, 0.6) is 0 Å². The summed E-state index contributed by atoms with van der Waals surface area (Å²) in [7, 11) is 0. The van der Waals surface area contributed by atoms with Crippen LogP contribution in [0.15, 0.2) is 67.0 Å². The van der Waals surface area contributed by atoms with Gasteiger partial charge in [-0.2, -0.15) is 10.4 Å². The summed E-state index contributed by atoms with van der Waals surface area (Å²) in [6, 6.07) is 19.4. The third-order valence-corrected chi connectivity index (χ3v) is 5.72. The van der Waals surface area contributed by atoms with E-state index in [0.29, 0.717) is 24.2 Å². The Bertz CT molecular complexity index is 1370. The van der Waals surface area contributed by atoms with Crippen LogP contribution in [-0.2, 0) is 13.1 Å². The molecule has 0 fully saturated rings. The van der Waals surface area contributed by atoms with Crippen LogP contribution in [0.2, 0.25) is 0 Å². The van der Waals surface area contributed by atoms with Crippen molar-refractivity contribution >= 4 is 5.91 Å². The second kappa shape index (κ2) is 7.78. The molecule has 6 heteroatoms. The van der Waals surface area contributed by atoms with E-state index in [0.717, 1.165) is 39.3 Å². The third kappa shape index (κ3) is 3.54. The van der Waals surface area contributed by atoms with Crippen LogP contribution in [0, 0.1) is 25.2 Å². The number of amides is 1. The number of hydrogen-bond donors (Lipinski definition) is 0. The molecule has 2 aromatic carbocycles. The molecule has 3 heterocycles. The molecule has 1 amide bonds. The van der Waals surface area contributed by atoms with Gasteiger partial charge in [0.2, 0.25) is 0 Å². The van der Waals surface area contributed by atoms with E-state index < -0.39 is 0 Å². The lowest BCUT2D eigenvalue weighted by Crippen LogP contribution is -2.26. The predicted octanol–water partition coefficient (Wildman–Crippen LogP) is 4.58. The number of rotatable bonds is 3. The first-order valence-corrected chi connectivity index (χ1v) is 10.4. The fourth-order valence-electron chi connectivity index (χ4n) is 4.13. The summed E-state index contributed by atoms with van der Waals surface area (Å²) in [5.74, 6) is -0.0945. The van der Waals surface area contributed by atoms with Gasteiger partial charge >= 0.3 is 0 Å². The molecule has 156 valence electrons. The maximum atomic E-state index is 13.5. The standard InChI is InChI=1S/C26H21N5O/c1-17-4-3-5-20(10-17)23-7-6-19(13-27)12-24(23)26(32)30-14-21-15-31(29-25(21)16-30)22-8-9-28-18(2)11-22/h3-12,15H,14,16H2,1-2H3. The quantitative estimate of drug-likeness (QED) is 0.487. The summed E-state index contributed by atoms with van der Waals surface area (Å²) in [6.07, 6.45) is 3.74. The van der Waals surface area contributed by atoms with Gasteiger partial charge in [0.1, 0.15) is 0 Å². The lowest BCUT2D eigenvalue weighted by atomic mass is 9.96. The number of aryl methyl sites for hydroxylation is 2. The van der Waals surface area contributed by atoms with E-state index in [-0.39, 0.29) is 5.91 Å². The summed E-state index contributed by atoms with van der Waals surface area (Å²) in [6.45, 7) is 4.90. The summed E-state index contributed by atoms with van der Waals surface area (Å²) in [4.78, 5) is 19.6. The zero-order chi connectivity index (χ0) is 22.2. The van der Waals surface area contributed by atoms with E-state index in [1.807, 2.05) is 61.1 Å². The normalized spacial score (nSPS) is 12.5. The Morgan fingerprint density at radius 3 is 2.69 bits per heavy atom. The summed E-state index contributed by atoms with van der Waals surface area (Å²) in [5, 5.41) is 14.1. The van der Waals surface area contributed by atoms with Gasteiger partial charge in [0, 0.05) is 35.8 Å². The summed E-state index contributed by atoms with van der Waals surface area (Å²) < 4.78 is 1.84. The maximum absolute atomic E-state index is 13.5. The number of hydrogen-bond acceptors (Lipinski definition) is 4. The highest BCUT2D eigenvalue weighted by Gasteiger charge is 2.29. The van der Waals surface area contributed by atoms with Crippen molar-refractivity contribution in [2.75, 3.05) is 0 Å². The Morgan fingerprint density at radius 1 is 1.06 bits per heavy atom. The monoisotopic (exact) mass is 419 g/mol. The molecule has 4 aromatic rings. The van der Waals surface area contributed by atoms with Gasteiger partial charge in [0.05, 0.1) is 29.6 Å². The first-order chi connectivity index (χ1) is 15.5. The molecule has 6 nitrogen and oxygen atoms in total. The average Bonchev–Trinajstić information content (AvgIpc) is 3.38. The average molecular weight is 419 g/mol. The third-order valence-electron chi connectivity index (χ3n) is 5.72. The van der Waals surface area contributed by atoms with E-state index in [9.17, 15) is 10.1 Å². The van der Waals surface area contributed by atoms with Crippen molar-refractivity contribution in [2.24, 2.45) is 0 Å². The molecule has 0 saturated carbocycles. The van der Waals surface area contributed by atoms with Crippen molar-refractivity contribution in [3.05, 3.63) is 101 Å². The lowest BCUT2D eigenvalue weighted by molar-refractivity contribution is 0.0750. The number of nitrogens with zero attached hydrogens (tertiary/aromatic N) is 5. The largest absolute Gasteiger partial charge is 0.328 e. The van der Waals surface area contributed by atoms with E-state index in [1.54, 1.807) is 23.2 Å². The Labute approximate surface area is 186 Å². The van der Waals surface area contributed by atoms with Gasteiger partial charge in [-0.15, -0.1) is 0 Å². The molecule has 2 aromatic heterocycles. The Hall–Kier alpha value is -4.24. The number of aromatic nitrogens is 3. The molecule has 0 saturated heterocycles. The van der Waals surface area contributed by atoms with Gasteiger partial charge in [-0.05, 0) is 49.2 Å². The molecule has 0 atom stereocenters. The zero-order valence-corrected chi connectivity index (χ0v) is 17.9. The van der Waals surface area contributed by atoms with Crippen molar-refractivity contribution in [2.45, 2.75) is 26.9 Å². The Morgan fingerprint density at radius 2 is 1.94 bits per heavy atom. The Balaban J connectivity index is 1.45. The number of carbonyl (C=O) groups is 1. The number of benzene rings is 2. The van der Waals surface area contributed by atoms with Gasteiger partial charge in [0.25, 0.3) is 5.91 Å². The van der Waals surface area contributed by atoms with E-state index in [2.05, 4.69) is 17.1 Å². The minimum absolute atomic E-state index is 0.0945. The highest BCUT2D eigenvalue weighted by molar-refractivity contribution is 6.01. The van der Waals surface area contributed by atoms with Crippen LogP contribution in [-0.4, -0.2) is 25.6 Å². The van der Waals surface area contributed by atoms with Crippen LogP contribution in [0.3, 0.4) is 0 Å². The molecule has 5 rings (SSSR count). The molecule has 0 unspecified atom stereocenters. The van der Waals surface area contributed by atoms with Gasteiger partial charge in [-0.3, -0.25) is 9.78 Å². The molecule has 0 radical (unpaired) electrons. The SMILES string of the molecule is Cc1cccc(-c2ccc(C#N)cc2C(=O)N2Cc3cn(-c4ccnc(C)c4)nc3C2)c1. The molecule has 0 spiro atoms. The molecule has 0 bridgehead atoms. The highest BCUT2D eigenvalue weighted by atomic mass is 16.2. The number of fused-ring (bicyclic) bond motifs is 1. The molecule has 1 aliphatic rings. The van der Waals surface area contributed by atoms with Crippen molar-refractivity contribution in [3.63, 3.8) is 0 Å². The van der Waals surface area contributed by atoms with Crippen LogP contribution in [0.4, 0.5) is 0 Å². The Kier molecular flexibility index (Phi) is 4.79.